The highest BCUT2D eigenvalue weighted by Crippen LogP contribution is 2.38. The molecule has 0 aliphatic heterocycles. The molecule has 0 unspecified atom stereocenters. The number of nitriles is 1. The number of nitro benzene ring substituents is 2. The molecule has 172 valence electrons. The summed E-state index contributed by atoms with van der Waals surface area (Å²) in [6.45, 7) is 7.43. The Morgan fingerprint density at radius 1 is 1.06 bits per heavy atom. The standard InChI is InChI=1S/C12H14N2O4.C9H12N2O3/c1-8(2)9-6-12(17-3)10(14(15)16)7-11(9)18-5-4-13;1-5(2)9-7(10)3-6(11(13)14)4-8(9)12/h6-8H,5H2,1-3H3;3-5,12H,10H2,1-2H3. The van der Waals surface area contributed by atoms with Gasteiger partial charge in [-0.15, -0.1) is 0 Å². The van der Waals surface area contributed by atoms with Gasteiger partial charge in [-0.3, -0.25) is 20.2 Å². The van der Waals surface area contributed by atoms with Gasteiger partial charge in [-0.2, -0.15) is 5.26 Å². The smallest absolute Gasteiger partial charge is 0.314 e. The van der Waals surface area contributed by atoms with Crippen molar-refractivity contribution in [2.75, 3.05) is 19.5 Å². The first kappa shape index (κ1) is 26.0. The molecule has 11 heteroatoms. The zero-order valence-electron chi connectivity index (χ0n) is 18.5. The molecular weight excluding hydrogens is 420 g/mol. The lowest BCUT2D eigenvalue weighted by atomic mass is 9.99. The van der Waals surface area contributed by atoms with Gasteiger partial charge >= 0.3 is 5.69 Å². The number of phenolic OH excluding ortho intramolecular Hbond substituents is 1. The summed E-state index contributed by atoms with van der Waals surface area (Å²) in [6, 6.07) is 7.09. The Balaban J connectivity index is 0.000000330. The van der Waals surface area contributed by atoms with Crippen LogP contribution >= 0.6 is 0 Å². The highest BCUT2D eigenvalue weighted by Gasteiger charge is 2.21. The molecule has 0 spiro atoms. The largest absolute Gasteiger partial charge is 0.507 e. The van der Waals surface area contributed by atoms with Crippen molar-refractivity contribution in [1.82, 2.24) is 0 Å². The molecular formula is C21H26N4O7. The van der Waals surface area contributed by atoms with Gasteiger partial charge < -0.3 is 20.3 Å². The van der Waals surface area contributed by atoms with Crippen LogP contribution in [0.15, 0.2) is 24.3 Å². The topological polar surface area (TPSA) is 175 Å². The molecule has 0 amide bonds. The fourth-order valence-electron chi connectivity index (χ4n) is 2.94. The van der Waals surface area contributed by atoms with Crippen LogP contribution in [0.4, 0.5) is 17.1 Å². The molecule has 11 nitrogen and oxygen atoms in total. The van der Waals surface area contributed by atoms with Crippen LogP contribution in [0, 0.1) is 31.6 Å². The Kier molecular flexibility index (Phi) is 9.21. The summed E-state index contributed by atoms with van der Waals surface area (Å²) in [5.74, 6) is 0.558. The Morgan fingerprint density at radius 2 is 1.69 bits per heavy atom. The molecule has 0 heterocycles. The lowest BCUT2D eigenvalue weighted by molar-refractivity contribution is -0.385. The fourth-order valence-corrected chi connectivity index (χ4v) is 2.94. The molecule has 2 aromatic carbocycles. The van der Waals surface area contributed by atoms with Crippen molar-refractivity contribution >= 4 is 17.1 Å². The van der Waals surface area contributed by atoms with Crippen LogP contribution in [0.2, 0.25) is 0 Å². The van der Waals surface area contributed by atoms with Gasteiger partial charge in [-0.05, 0) is 17.9 Å². The van der Waals surface area contributed by atoms with Crippen molar-refractivity contribution < 1.29 is 24.4 Å². The van der Waals surface area contributed by atoms with Crippen LogP contribution in [-0.2, 0) is 0 Å². The lowest BCUT2D eigenvalue weighted by Crippen LogP contribution is -2.02. The summed E-state index contributed by atoms with van der Waals surface area (Å²) in [6.07, 6.45) is 0. The lowest BCUT2D eigenvalue weighted by Gasteiger charge is -2.14. The van der Waals surface area contributed by atoms with E-state index in [9.17, 15) is 25.3 Å². The van der Waals surface area contributed by atoms with Gasteiger partial charge in [-0.1, -0.05) is 27.7 Å². The number of nitrogens with zero attached hydrogens (tertiary/aromatic N) is 3. The van der Waals surface area contributed by atoms with Crippen molar-refractivity contribution in [1.29, 1.82) is 5.26 Å². The van der Waals surface area contributed by atoms with Crippen LogP contribution in [0.1, 0.15) is 50.7 Å². The Labute approximate surface area is 185 Å². The number of rotatable bonds is 7. The monoisotopic (exact) mass is 446 g/mol. The van der Waals surface area contributed by atoms with E-state index in [0.717, 1.165) is 11.6 Å². The van der Waals surface area contributed by atoms with E-state index in [4.69, 9.17) is 20.5 Å². The zero-order chi connectivity index (χ0) is 24.6. The molecule has 0 saturated heterocycles. The van der Waals surface area contributed by atoms with Crippen LogP contribution in [0.5, 0.6) is 17.2 Å². The highest BCUT2D eigenvalue weighted by atomic mass is 16.6. The van der Waals surface area contributed by atoms with E-state index in [0.29, 0.717) is 11.3 Å². The maximum Gasteiger partial charge on any atom is 0.314 e. The summed E-state index contributed by atoms with van der Waals surface area (Å²) < 4.78 is 10.2. The SMILES string of the molecule is CC(C)c1c(N)cc([N+](=O)[O-])cc1O.COc1cc(C(C)C)c(OCC#N)cc1[N+](=O)[O-]. The van der Waals surface area contributed by atoms with Gasteiger partial charge in [0.05, 0.1) is 29.1 Å². The maximum absolute atomic E-state index is 10.9. The molecule has 0 aromatic heterocycles. The molecule has 0 radical (unpaired) electrons. The van der Waals surface area contributed by atoms with Gasteiger partial charge in [0.25, 0.3) is 5.69 Å². The van der Waals surface area contributed by atoms with Crippen molar-refractivity contribution in [3.63, 3.8) is 0 Å². The number of phenols is 1. The number of nitrogens with two attached hydrogens (primary N) is 1. The number of nitrogen functional groups attached to an aromatic ring is 1. The number of anilines is 1. The molecule has 0 aliphatic rings. The zero-order valence-corrected chi connectivity index (χ0v) is 18.5. The van der Waals surface area contributed by atoms with Gasteiger partial charge in [0.2, 0.25) is 0 Å². The Morgan fingerprint density at radius 3 is 2.09 bits per heavy atom. The minimum atomic E-state index is -0.583. The summed E-state index contributed by atoms with van der Waals surface area (Å²) in [5, 5.41) is 39.3. The van der Waals surface area contributed by atoms with E-state index in [-0.39, 0.29) is 47.0 Å². The van der Waals surface area contributed by atoms with E-state index < -0.39 is 9.85 Å². The number of ether oxygens (including phenoxy) is 2. The van der Waals surface area contributed by atoms with E-state index in [1.807, 2.05) is 33.8 Å². The molecule has 0 saturated carbocycles. The normalized spacial score (nSPS) is 10.2. The Bertz CT molecular complexity index is 1010. The first-order chi connectivity index (χ1) is 14.9. The summed E-state index contributed by atoms with van der Waals surface area (Å²) in [5.41, 5.74) is 6.81. The van der Waals surface area contributed by atoms with Gasteiger partial charge in [0.1, 0.15) is 17.6 Å². The number of benzene rings is 2. The van der Waals surface area contributed by atoms with Gasteiger partial charge in [0.15, 0.2) is 12.4 Å². The highest BCUT2D eigenvalue weighted by molar-refractivity contribution is 5.61. The number of hydrogen-bond acceptors (Lipinski definition) is 9. The molecule has 2 rings (SSSR count). The fraction of sp³-hybridized carbons (Fsp3) is 0.381. The van der Waals surface area contributed by atoms with E-state index in [2.05, 4.69) is 0 Å². The number of hydrogen-bond donors (Lipinski definition) is 2. The molecule has 3 N–H and O–H groups in total. The van der Waals surface area contributed by atoms with Crippen molar-refractivity contribution in [2.24, 2.45) is 0 Å². The van der Waals surface area contributed by atoms with E-state index in [1.54, 1.807) is 6.07 Å². The third-order valence-electron chi connectivity index (χ3n) is 4.39. The molecule has 0 fully saturated rings. The van der Waals surface area contributed by atoms with Crippen molar-refractivity contribution in [3.05, 3.63) is 55.6 Å². The molecule has 2 aromatic rings. The second-order valence-electron chi connectivity index (χ2n) is 7.30. The van der Waals surface area contributed by atoms with Crippen LogP contribution in [-0.4, -0.2) is 28.7 Å². The number of methoxy groups -OCH3 is 1. The average Bonchev–Trinajstić information content (AvgIpc) is 2.70. The van der Waals surface area contributed by atoms with Crippen molar-refractivity contribution in [3.8, 4) is 23.3 Å². The molecule has 0 aliphatic carbocycles. The van der Waals surface area contributed by atoms with Crippen molar-refractivity contribution in [2.45, 2.75) is 39.5 Å². The third-order valence-corrected chi connectivity index (χ3v) is 4.39. The molecule has 0 bridgehead atoms. The van der Waals surface area contributed by atoms with Crippen LogP contribution < -0.4 is 15.2 Å². The predicted molar refractivity (Wildman–Crippen MR) is 118 cm³/mol. The van der Waals surface area contributed by atoms with E-state index in [1.165, 1.54) is 19.2 Å². The van der Waals surface area contributed by atoms with Gasteiger partial charge in [-0.25, -0.2) is 0 Å². The first-order valence-corrected chi connectivity index (χ1v) is 9.57. The summed E-state index contributed by atoms with van der Waals surface area (Å²) in [7, 11) is 1.38. The van der Waals surface area contributed by atoms with Crippen LogP contribution in [0.3, 0.4) is 0 Å². The minimum Gasteiger partial charge on any atom is -0.507 e. The van der Waals surface area contributed by atoms with E-state index >= 15 is 0 Å². The number of non-ortho nitro benzene ring substituents is 1. The first-order valence-electron chi connectivity index (χ1n) is 9.57. The molecule has 32 heavy (non-hydrogen) atoms. The second-order valence-corrected chi connectivity index (χ2v) is 7.30. The quantitative estimate of drug-likeness (QED) is 0.348. The minimum absolute atomic E-state index is 0.0378. The van der Waals surface area contributed by atoms with Gasteiger partial charge in [0, 0.05) is 22.9 Å². The summed E-state index contributed by atoms with van der Waals surface area (Å²) in [4.78, 5) is 20.2. The second kappa shape index (κ2) is 11.4. The maximum atomic E-state index is 10.9. The predicted octanol–water partition coefficient (Wildman–Crippen LogP) is 4.64. The summed E-state index contributed by atoms with van der Waals surface area (Å²) >= 11 is 0. The average molecular weight is 446 g/mol. The number of nitro groups is 2. The van der Waals surface area contributed by atoms with Crippen LogP contribution in [0.25, 0.3) is 0 Å². The third kappa shape index (κ3) is 6.46. The molecule has 0 atom stereocenters. The Hall–Kier alpha value is -4.07. The number of aromatic hydroxyl groups is 1.